The third-order valence-electron chi connectivity index (χ3n) is 8.12. The number of imidazole rings is 2. The lowest BCUT2D eigenvalue weighted by molar-refractivity contribution is -0.156. The maximum Gasteiger partial charge on any atom is 0.162 e. The van der Waals surface area contributed by atoms with Crippen molar-refractivity contribution in [2.75, 3.05) is 0 Å². The molecule has 4 aliphatic carbocycles. The molecule has 1 aromatic carbocycles. The summed E-state index contributed by atoms with van der Waals surface area (Å²) in [6.45, 7) is 0. The molecule has 0 spiro atoms. The van der Waals surface area contributed by atoms with Gasteiger partial charge in [0.15, 0.2) is 11.3 Å². The molecule has 0 saturated heterocycles. The third kappa shape index (κ3) is 2.80. The van der Waals surface area contributed by atoms with E-state index < -0.39 is 5.60 Å². The Hall–Kier alpha value is -3.57. The van der Waals surface area contributed by atoms with Gasteiger partial charge >= 0.3 is 0 Å². The first-order valence-corrected chi connectivity index (χ1v) is 11.8. The lowest BCUT2D eigenvalue weighted by Crippen LogP contribution is -2.59. The molecule has 8 rings (SSSR count). The summed E-state index contributed by atoms with van der Waals surface area (Å²) in [6.07, 6.45) is 9.05. The molecule has 2 atom stereocenters. The number of benzene rings is 1. The Morgan fingerprint density at radius 3 is 2.50 bits per heavy atom. The zero-order chi connectivity index (χ0) is 23.1. The molecule has 2 unspecified atom stereocenters. The van der Waals surface area contributed by atoms with Crippen LogP contribution in [0.5, 0.6) is 0 Å². The Balaban J connectivity index is 1.46. The molecule has 4 bridgehead atoms. The highest BCUT2D eigenvalue weighted by Crippen LogP contribution is 2.61. The maximum absolute atomic E-state index is 13.7. The summed E-state index contributed by atoms with van der Waals surface area (Å²) in [7, 11) is 0. The second-order valence-corrected chi connectivity index (χ2v) is 10.5. The van der Waals surface area contributed by atoms with E-state index in [2.05, 4.69) is 15.6 Å². The number of fused-ring (bicyclic) bond motifs is 1. The molecule has 34 heavy (non-hydrogen) atoms. The normalized spacial score (nSPS) is 29.6. The van der Waals surface area contributed by atoms with E-state index >= 15 is 0 Å². The molecule has 3 heterocycles. The molecule has 0 aliphatic heterocycles. The van der Waals surface area contributed by atoms with Crippen molar-refractivity contribution in [3.63, 3.8) is 0 Å². The molecule has 7 nitrogen and oxygen atoms in total. The predicted octanol–water partition coefficient (Wildman–Crippen LogP) is 4.31. The summed E-state index contributed by atoms with van der Waals surface area (Å²) < 4.78 is 17.5. The number of aromatic nitrogens is 5. The first-order valence-electron chi connectivity index (χ1n) is 11.8. The molecule has 8 heteroatoms. The summed E-state index contributed by atoms with van der Waals surface area (Å²) in [6, 6.07) is 12.2. The smallest absolute Gasteiger partial charge is 0.162 e. The largest absolute Gasteiger partial charge is 0.390 e. The lowest BCUT2D eigenvalue weighted by atomic mass is 9.51. The van der Waals surface area contributed by atoms with E-state index in [-0.39, 0.29) is 11.4 Å². The van der Waals surface area contributed by atoms with Crippen molar-refractivity contribution in [2.24, 2.45) is 11.8 Å². The number of aliphatic hydroxyl groups is 1. The van der Waals surface area contributed by atoms with Gasteiger partial charge in [-0.2, -0.15) is 10.4 Å². The van der Waals surface area contributed by atoms with Crippen molar-refractivity contribution in [2.45, 2.75) is 49.7 Å². The number of halogens is 1. The summed E-state index contributed by atoms with van der Waals surface area (Å²) in [5.74, 6) is 0.708. The van der Waals surface area contributed by atoms with E-state index in [0.29, 0.717) is 41.0 Å². The number of nitrogens with zero attached hydrogens (tertiary/aromatic N) is 6. The summed E-state index contributed by atoms with van der Waals surface area (Å²) in [5.41, 5.74) is 3.10. The molecular weight excluding hydrogens is 431 g/mol. The number of hydrogen-bond acceptors (Lipinski definition) is 5. The highest BCUT2D eigenvalue weighted by atomic mass is 19.1. The zero-order valence-electron chi connectivity index (χ0n) is 18.5. The molecule has 4 saturated carbocycles. The van der Waals surface area contributed by atoms with Gasteiger partial charge in [-0.1, -0.05) is 0 Å². The highest BCUT2D eigenvalue weighted by Gasteiger charge is 2.58. The van der Waals surface area contributed by atoms with E-state index in [9.17, 15) is 14.8 Å². The van der Waals surface area contributed by atoms with E-state index in [1.165, 1.54) is 24.8 Å². The predicted molar refractivity (Wildman–Crippen MR) is 122 cm³/mol. The molecule has 4 aromatic rings. The summed E-state index contributed by atoms with van der Waals surface area (Å²) in [5, 5.41) is 25.7. The van der Waals surface area contributed by atoms with Gasteiger partial charge in [0, 0.05) is 11.1 Å². The van der Waals surface area contributed by atoms with Gasteiger partial charge < -0.3 is 9.67 Å². The average molecular weight is 455 g/mol. The molecule has 3 aromatic heterocycles. The molecular formula is C26H23FN6O. The Kier molecular flexibility index (Phi) is 3.93. The lowest BCUT2D eigenvalue weighted by Gasteiger charge is -2.60. The van der Waals surface area contributed by atoms with Crippen LogP contribution < -0.4 is 0 Å². The van der Waals surface area contributed by atoms with Crippen molar-refractivity contribution in [3.8, 4) is 28.7 Å². The van der Waals surface area contributed by atoms with Crippen LogP contribution in [0.3, 0.4) is 0 Å². The van der Waals surface area contributed by atoms with Crippen LogP contribution in [-0.2, 0) is 5.54 Å². The van der Waals surface area contributed by atoms with Crippen molar-refractivity contribution < 1.29 is 9.50 Å². The first-order chi connectivity index (χ1) is 16.5. The monoisotopic (exact) mass is 454 g/mol. The van der Waals surface area contributed by atoms with Crippen LogP contribution in [0.15, 0.2) is 48.9 Å². The van der Waals surface area contributed by atoms with Gasteiger partial charge in [-0.25, -0.2) is 18.9 Å². The first kappa shape index (κ1) is 19.9. The summed E-state index contributed by atoms with van der Waals surface area (Å²) in [4.78, 5) is 9.08. The minimum absolute atomic E-state index is 0.233. The van der Waals surface area contributed by atoms with Gasteiger partial charge in [0.25, 0.3) is 0 Å². The van der Waals surface area contributed by atoms with E-state index in [1.54, 1.807) is 16.6 Å². The van der Waals surface area contributed by atoms with E-state index in [4.69, 9.17) is 10.1 Å². The number of rotatable bonds is 3. The van der Waals surface area contributed by atoms with Crippen LogP contribution >= 0.6 is 0 Å². The van der Waals surface area contributed by atoms with Gasteiger partial charge in [-0.15, -0.1) is 0 Å². The van der Waals surface area contributed by atoms with Crippen molar-refractivity contribution >= 4 is 5.65 Å². The Labute approximate surface area is 195 Å². The average Bonchev–Trinajstić information content (AvgIpc) is 3.42. The third-order valence-corrected chi connectivity index (χ3v) is 8.12. The van der Waals surface area contributed by atoms with Crippen molar-refractivity contribution in [1.29, 1.82) is 5.26 Å². The van der Waals surface area contributed by atoms with Crippen LogP contribution in [0.4, 0.5) is 4.39 Å². The fraction of sp³-hybridized carbons (Fsp3) is 0.385. The number of nitriles is 1. The number of hydrogen-bond donors (Lipinski definition) is 1. The Morgan fingerprint density at radius 1 is 1.03 bits per heavy atom. The summed E-state index contributed by atoms with van der Waals surface area (Å²) >= 11 is 0. The van der Waals surface area contributed by atoms with Crippen molar-refractivity contribution in [1.82, 2.24) is 24.1 Å². The molecule has 0 amide bonds. The maximum atomic E-state index is 13.7. The second-order valence-electron chi connectivity index (χ2n) is 10.5. The zero-order valence-corrected chi connectivity index (χ0v) is 18.5. The standard InChI is InChI=1S/C26H23FN6O/c27-19-3-1-18(2-4-19)23-24(21-5-6-22-29-13-20(12-28)33(22)31-21)32(15-30-23)25-8-16-7-17(9-25)11-26(34,10-16)14-25/h1-6,13,15-17,34H,7-11,14H2. The molecule has 4 aliphatic rings. The van der Waals surface area contributed by atoms with Crippen LogP contribution in [-0.4, -0.2) is 34.9 Å². The minimum Gasteiger partial charge on any atom is -0.390 e. The topological polar surface area (TPSA) is 92.0 Å². The minimum atomic E-state index is -0.628. The van der Waals surface area contributed by atoms with Gasteiger partial charge in [0.2, 0.25) is 0 Å². The van der Waals surface area contributed by atoms with Crippen molar-refractivity contribution in [3.05, 3.63) is 60.4 Å². The van der Waals surface area contributed by atoms with Crippen LogP contribution in [0.2, 0.25) is 0 Å². The fourth-order valence-corrected chi connectivity index (χ4v) is 7.30. The Morgan fingerprint density at radius 2 is 1.79 bits per heavy atom. The molecule has 4 fully saturated rings. The van der Waals surface area contributed by atoms with Gasteiger partial charge in [0.1, 0.15) is 17.6 Å². The van der Waals surface area contributed by atoms with E-state index in [0.717, 1.165) is 36.9 Å². The molecule has 1 N–H and O–H groups in total. The van der Waals surface area contributed by atoms with Gasteiger partial charge in [-0.05, 0) is 86.8 Å². The van der Waals surface area contributed by atoms with E-state index in [1.807, 2.05) is 18.5 Å². The van der Waals surface area contributed by atoms with Crippen LogP contribution in [0, 0.1) is 29.0 Å². The molecule has 170 valence electrons. The SMILES string of the molecule is N#Cc1cnc2ccc(-c3c(-c4ccc(F)cc4)ncn3C34CC5CC(CC(O)(C5)C3)C4)nn12. The highest BCUT2D eigenvalue weighted by molar-refractivity contribution is 5.77. The second kappa shape index (κ2) is 6.73. The Bertz CT molecular complexity index is 1470. The van der Waals surface area contributed by atoms with Gasteiger partial charge in [-0.3, -0.25) is 0 Å². The quantitative estimate of drug-likeness (QED) is 0.498. The van der Waals surface area contributed by atoms with Crippen LogP contribution in [0.1, 0.15) is 44.2 Å². The molecule has 0 radical (unpaired) electrons. The van der Waals surface area contributed by atoms with Crippen LogP contribution in [0.25, 0.3) is 28.3 Å². The fourth-order valence-electron chi connectivity index (χ4n) is 7.30. The van der Waals surface area contributed by atoms with Gasteiger partial charge in [0.05, 0.1) is 29.5 Å².